The van der Waals surface area contributed by atoms with Gasteiger partial charge in [0.25, 0.3) is 0 Å². The van der Waals surface area contributed by atoms with E-state index < -0.39 is 7.12 Å². The molecule has 0 aromatic heterocycles. The molecule has 2 nitrogen and oxygen atoms in total. The van der Waals surface area contributed by atoms with Crippen LogP contribution in [0.3, 0.4) is 0 Å². The monoisotopic (exact) mass is 276 g/mol. The molecule has 0 unspecified atom stereocenters. The van der Waals surface area contributed by atoms with E-state index in [4.69, 9.17) is 16.3 Å². The van der Waals surface area contributed by atoms with Crippen LogP contribution in [-0.4, -0.2) is 12.1 Å². The Morgan fingerprint density at radius 1 is 1.22 bits per heavy atom. The molecule has 0 saturated heterocycles. The molecule has 0 aliphatic carbocycles. The lowest BCUT2D eigenvalue weighted by Gasteiger charge is -2.06. The summed E-state index contributed by atoms with van der Waals surface area (Å²) < 4.78 is 5.17. The predicted octanol–water partition coefficient (Wildman–Crippen LogP) is 2.71. The molecular formula is C13H10BClO2S. The van der Waals surface area contributed by atoms with E-state index in [-0.39, 0.29) is 0 Å². The Morgan fingerprint density at radius 2 is 2.06 bits per heavy atom. The quantitative estimate of drug-likeness (QED) is 0.855. The Labute approximate surface area is 115 Å². The van der Waals surface area contributed by atoms with Crippen molar-refractivity contribution in [2.45, 2.75) is 16.4 Å². The molecule has 0 spiro atoms. The van der Waals surface area contributed by atoms with Crippen LogP contribution in [0.1, 0.15) is 5.56 Å². The third kappa shape index (κ3) is 2.29. The van der Waals surface area contributed by atoms with Crippen molar-refractivity contribution < 1.29 is 9.68 Å². The van der Waals surface area contributed by atoms with Gasteiger partial charge in [0.15, 0.2) is 0 Å². The minimum Gasteiger partial charge on any atom is -0.423 e. The molecule has 1 aliphatic rings. The van der Waals surface area contributed by atoms with Crippen molar-refractivity contribution in [3.8, 4) is 0 Å². The molecule has 3 rings (SSSR count). The molecular weight excluding hydrogens is 266 g/mol. The van der Waals surface area contributed by atoms with Crippen LogP contribution in [0.2, 0.25) is 5.02 Å². The Hall–Kier alpha value is -0.935. The summed E-state index contributed by atoms with van der Waals surface area (Å²) in [5, 5.41) is 10.4. The van der Waals surface area contributed by atoms with Gasteiger partial charge in [-0.05, 0) is 35.3 Å². The summed E-state index contributed by atoms with van der Waals surface area (Å²) in [6, 6.07) is 13.7. The molecule has 0 amide bonds. The van der Waals surface area contributed by atoms with Crippen molar-refractivity contribution in [1.82, 2.24) is 0 Å². The SMILES string of the molecule is OB1OCc2ccc(Sc3ccccc3Cl)cc21. The molecule has 1 heterocycles. The minimum atomic E-state index is -0.799. The third-order valence-electron chi connectivity index (χ3n) is 2.84. The van der Waals surface area contributed by atoms with Gasteiger partial charge in [0.1, 0.15) is 0 Å². The molecule has 90 valence electrons. The van der Waals surface area contributed by atoms with Crippen molar-refractivity contribution in [3.63, 3.8) is 0 Å². The van der Waals surface area contributed by atoms with Gasteiger partial charge in [-0.3, -0.25) is 0 Å². The third-order valence-corrected chi connectivity index (χ3v) is 4.35. The minimum absolute atomic E-state index is 0.480. The Morgan fingerprint density at radius 3 is 2.89 bits per heavy atom. The van der Waals surface area contributed by atoms with E-state index in [1.807, 2.05) is 42.5 Å². The Bertz CT molecular complexity index is 591. The first-order chi connectivity index (χ1) is 8.74. The predicted molar refractivity (Wildman–Crippen MR) is 74.4 cm³/mol. The average molecular weight is 277 g/mol. The zero-order valence-corrected chi connectivity index (χ0v) is 11.0. The normalized spacial score (nSPS) is 13.8. The van der Waals surface area contributed by atoms with Gasteiger partial charge >= 0.3 is 7.12 Å². The van der Waals surface area contributed by atoms with E-state index >= 15 is 0 Å². The highest BCUT2D eigenvalue weighted by Gasteiger charge is 2.27. The molecule has 1 aliphatic heterocycles. The highest BCUT2D eigenvalue weighted by atomic mass is 35.5. The molecule has 18 heavy (non-hydrogen) atoms. The molecule has 2 aromatic rings. The molecule has 0 atom stereocenters. The highest BCUT2D eigenvalue weighted by molar-refractivity contribution is 7.99. The maximum atomic E-state index is 9.67. The summed E-state index contributed by atoms with van der Waals surface area (Å²) in [4.78, 5) is 2.05. The average Bonchev–Trinajstić information content (AvgIpc) is 2.74. The van der Waals surface area contributed by atoms with E-state index in [2.05, 4.69) is 0 Å². The van der Waals surface area contributed by atoms with E-state index in [0.29, 0.717) is 6.61 Å². The van der Waals surface area contributed by atoms with E-state index in [0.717, 1.165) is 25.8 Å². The summed E-state index contributed by atoms with van der Waals surface area (Å²) >= 11 is 7.71. The summed E-state index contributed by atoms with van der Waals surface area (Å²) in [5.41, 5.74) is 1.90. The van der Waals surface area contributed by atoms with Crippen molar-refractivity contribution in [1.29, 1.82) is 0 Å². The molecule has 0 fully saturated rings. The van der Waals surface area contributed by atoms with Gasteiger partial charge in [0, 0.05) is 9.79 Å². The zero-order valence-electron chi connectivity index (χ0n) is 9.47. The van der Waals surface area contributed by atoms with Gasteiger partial charge in [0.05, 0.1) is 11.6 Å². The number of halogens is 1. The fraction of sp³-hybridized carbons (Fsp3) is 0.0769. The fourth-order valence-corrected chi connectivity index (χ4v) is 3.05. The highest BCUT2D eigenvalue weighted by Crippen LogP contribution is 2.33. The zero-order chi connectivity index (χ0) is 12.5. The lowest BCUT2D eigenvalue weighted by atomic mass is 9.80. The maximum absolute atomic E-state index is 9.67. The number of benzene rings is 2. The first-order valence-electron chi connectivity index (χ1n) is 5.59. The van der Waals surface area contributed by atoms with Gasteiger partial charge in [-0.1, -0.05) is 41.6 Å². The van der Waals surface area contributed by atoms with Crippen molar-refractivity contribution in [2.24, 2.45) is 0 Å². The number of hydrogen-bond acceptors (Lipinski definition) is 3. The number of hydrogen-bond donors (Lipinski definition) is 1. The molecule has 0 radical (unpaired) electrons. The summed E-state index contributed by atoms with van der Waals surface area (Å²) in [6.07, 6.45) is 0. The van der Waals surface area contributed by atoms with Crippen LogP contribution < -0.4 is 5.46 Å². The van der Waals surface area contributed by atoms with Crippen LogP contribution in [-0.2, 0) is 11.3 Å². The lowest BCUT2D eigenvalue weighted by Crippen LogP contribution is -2.27. The van der Waals surface area contributed by atoms with Gasteiger partial charge in [-0.2, -0.15) is 0 Å². The summed E-state index contributed by atoms with van der Waals surface area (Å²) in [6.45, 7) is 0.480. The molecule has 5 heteroatoms. The smallest absolute Gasteiger partial charge is 0.423 e. The maximum Gasteiger partial charge on any atom is 0.491 e. The van der Waals surface area contributed by atoms with E-state index in [9.17, 15) is 5.02 Å². The molecule has 1 N–H and O–H groups in total. The van der Waals surface area contributed by atoms with Crippen LogP contribution in [0.4, 0.5) is 0 Å². The summed E-state index contributed by atoms with van der Waals surface area (Å²) in [5.74, 6) is 0. The molecule has 0 saturated carbocycles. The van der Waals surface area contributed by atoms with E-state index in [1.54, 1.807) is 11.8 Å². The first-order valence-corrected chi connectivity index (χ1v) is 6.78. The van der Waals surface area contributed by atoms with Crippen LogP contribution in [0.25, 0.3) is 0 Å². The second-order valence-electron chi connectivity index (χ2n) is 4.06. The second-order valence-corrected chi connectivity index (χ2v) is 5.58. The Kier molecular flexibility index (Phi) is 3.35. The van der Waals surface area contributed by atoms with Crippen LogP contribution in [0.15, 0.2) is 52.3 Å². The van der Waals surface area contributed by atoms with Gasteiger partial charge < -0.3 is 9.68 Å². The van der Waals surface area contributed by atoms with Crippen molar-refractivity contribution in [2.75, 3.05) is 0 Å². The largest absolute Gasteiger partial charge is 0.491 e. The van der Waals surface area contributed by atoms with Gasteiger partial charge in [-0.15, -0.1) is 0 Å². The van der Waals surface area contributed by atoms with Gasteiger partial charge in [0.2, 0.25) is 0 Å². The number of rotatable bonds is 2. The van der Waals surface area contributed by atoms with Crippen LogP contribution in [0.5, 0.6) is 0 Å². The number of fused-ring (bicyclic) bond motifs is 1. The fourth-order valence-electron chi connectivity index (χ4n) is 1.91. The standard InChI is InChI=1S/C13H10BClO2S/c15-12-3-1-2-4-13(12)18-10-6-5-9-8-17-14(16)11(9)7-10/h1-7,16H,8H2. The molecule has 0 bridgehead atoms. The Balaban J connectivity index is 1.90. The van der Waals surface area contributed by atoms with Crippen LogP contribution in [0, 0.1) is 0 Å². The van der Waals surface area contributed by atoms with Crippen LogP contribution >= 0.6 is 23.4 Å². The van der Waals surface area contributed by atoms with Crippen molar-refractivity contribution in [3.05, 3.63) is 53.1 Å². The topological polar surface area (TPSA) is 29.5 Å². The molecule has 2 aromatic carbocycles. The second kappa shape index (κ2) is 4.98. The van der Waals surface area contributed by atoms with Crippen molar-refractivity contribution >= 4 is 35.9 Å². The summed E-state index contributed by atoms with van der Waals surface area (Å²) in [7, 11) is -0.799. The lowest BCUT2D eigenvalue weighted by molar-refractivity contribution is 0.275. The van der Waals surface area contributed by atoms with Gasteiger partial charge in [-0.25, -0.2) is 0 Å². The first kappa shape index (κ1) is 12.1. The van der Waals surface area contributed by atoms with E-state index in [1.165, 1.54) is 0 Å².